The van der Waals surface area contributed by atoms with Crippen LogP contribution in [0.15, 0.2) is 0 Å². The Morgan fingerprint density at radius 3 is 0.418 bits per heavy atom. The Hall–Kier alpha value is -0.0400. The van der Waals surface area contributed by atoms with Gasteiger partial charge in [-0.3, -0.25) is 0 Å². The fraction of sp³-hybridized carbons (Fsp3) is 1.00. The van der Waals surface area contributed by atoms with Crippen LogP contribution in [0.2, 0.25) is 0 Å². The van der Waals surface area contributed by atoms with Gasteiger partial charge in [-0.1, -0.05) is 328 Å². The van der Waals surface area contributed by atoms with Crippen LogP contribution >= 0.6 is 0 Å². The highest BCUT2D eigenvalue weighted by atomic mass is 14.6. The molecule has 0 aliphatic carbocycles. The Morgan fingerprint density at radius 1 is 0.182 bits per heavy atom. The minimum Gasteiger partial charge on any atom is -0.328 e. The molecule has 0 aromatic heterocycles. The first-order chi connectivity index (χ1) is 27.3. The van der Waals surface area contributed by atoms with E-state index in [1.807, 2.05) is 0 Å². The van der Waals surface area contributed by atoms with E-state index in [4.69, 9.17) is 5.73 Å². The van der Waals surface area contributed by atoms with Crippen LogP contribution < -0.4 is 5.73 Å². The van der Waals surface area contributed by atoms with Gasteiger partial charge in [-0.25, -0.2) is 0 Å². The van der Waals surface area contributed by atoms with Crippen LogP contribution in [0.4, 0.5) is 0 Å². The fourth-order valence-electron chi connectivity index (χ4n) is 9.06. The van der Waals surface area contributed by atoms with Crippen LogP contribution in [0.5, 0.6) is 0 Å². The number of unbranched alkanes of at least 4 members (excludes halogenated alkanes) is 47. The minimum atomic E-state index is 0.463. The van der Waals surface area contributed by atoms with Gasteiger partial charge in [-0.15, -0.1) is 0 Å². The van der Waals surface area contributed by atoms with Crippen LogP contribution in [0.3, 0.4) is 0 Å². The topological polar surface area (TPSA) is 26.0 Å². The summed E-state index contributed by atoms with van der Waals surface area (Å²) in [4.78, 5) is 0. The fourth-order valence-corrected chi connectivity index (χ4v) is 9.06. The monoisotopic (exact) mass is 774 g/mol. The predicted molar refractivity (Wildman–Crippen MR) is 255 cm³/mol. The van der Waals surface area contributed by atoms with Crippen LogP contribution in [-0.4, -0.2) is 6.04 Å². The Balaban J connectivity index is 3.13. The summed E-state index contributed by atoms with van der Waals surface area (Å²) in [5.74, 6) is 0. The van der Waals surface area contributed by atoms with Crippen LogP contribution in [0.1, 0.15) is 341 Å². The van der Waals surface area contributed by atoms with Crippen LogP contribution in [-0.2, 0) is 0 Å². The molecule has 0 amide bonds. The maximum atomic E-state index is 6.46. The Morgan fingerprint density at radius 2 is 0.291 bits per heavy atom. The summed E-state index contributed by atoms with van der Waals surface area (Å²) in [5.41, 5.74) is 6.46. The van der Waals surface area contributed by atoms with Crippen molar-refractivity contribution in [3.05, 3.63) is 0 Å². The van der Waals surface area contributed by atoms with E-state index >= 15 is 0 Å². The summed E-state index contributed by atoms with van der Waals surface area (Å²) in [5, 5.41) is 0. The normalized spacial score (nSPS) is 12.3. The molecular formula is C54H111N. The van der Waals surface area contributed by atoms with Gasteiger partial charge in [0.25, 0.3) is 0 Å². The second-order valence-electron chi connectivity index (χ2n) is 19.0. The molecule has 1 unspecified atom stereocenters. The number of rotatable bonds is 51. The maximum Gasteiger partial charge on any atom is 0.00388 e. The van der Waals surface area contributed by atoms with E-state index in [2.05, 4.69) is 13.8 Å². The van der Waals surface area contributed by atoms with Crippen molar-refractivity contribution in [1.29, 1.82) is 0 Å². The summed E-state index contributed by atoms with van der Waals surface area (Å²) in [6.45, 7) is 4.62. The van der Waals surface area contributed by atoms with Gasteiger partial charge in [0.05, 0.1) is 0 Å². The quantitative estimate of drug-likeness (QED) is 0.0612. The highest BCUT2D eigenvalue weighted by Gasteiger charge is 2.03. The first kappa shape index (κ1) is 55.0. The van der Waals surface area contributed by atoms with E-state index < -0.39 is 0 Å². The maximum absolute atomic E-state index is 6.46. The highest BCUT2D eigenvalue weighted by Crippen LogP contribution is 2.19. The molecule has 0 aromatic carbocycles. The number of hydrogen-bond donors (Lipinski definition) is 1. The van der Waals surface area contributed by atoms with Gasteiger partial charge in [0, 0.05) is 6.04 Å². The van der Waals surface area contributed by atoms with Crippen LogP contribution in [0, 0.1) is 0 Å². The van der Waals surface area contributed by atoms with Crippen LogP contribution in [0.25, 0.3) is 0 Å². The molecule has 0 rings (SSSR count). The lowest BCUT2D eigenvalue weighted by Gasteiger charge is -2.11. The van der Waals surface area contributed by atoms with Crippen molar-refractivity contribution in [1.82, 2.24) is 0 Å². The molecule has 0 heterocycles. The SMILES string of the molecule is CCCCCCCCCCCCCCCCCCCCCCCCCCCCCCCCCC(N)CCCCCCCCCCCCCCCCCCCC. The van der Waals surface area contributed by atoms with E-state index in [9.17, 15) is 0 Å². The van der Waals surface area contributed by atoms with Gasteiger partial charge in [0.15, 0.2) is 0 Å². The molecule has 1 atom stereocenters. The smallest absolute Gasteiger partial charge is 0.00388 e. The van der Waals surface area contributed by atoms with E-state index in [1.54, 1.807) is 0 Å². The van der Waals surface area contributed by atoms with E-state index in [0.29, 0.717) is 6.04 Å². The molecule has 1 heteroatoms. The molecule has 0 fully saturated rings. The van der Waals surface area contributed by atoms with E-state index in [0.717, 1.165) is 0 Å². The first-order valence-corrected chi connectivity index (χ1v) is 27.1. The van der Waals surface area contributed by atoms with E-state index in [-0.39, 0.29) is 0 Å². The van der Waals surface area contributed by atoms with Crippen molar-refractivity contribution in [2.45, 2.75) is 347 Å². The van der Waals surface area contributed by atoms with Gasteiger partial charge in [0.1, 0.15) is 0 Å². The third kappa shape index (κ3) is 51.9. The average molecular weight is 774 g/mol. The van der Waals surface area contributed by atoms with Crippen molar-refractivity contribution >= 4 is 0 Å². The highest BCUT2D eigenvalue weighted by molar-refractivity contribution is 4.62. The first-order valence-electron chi connectivity index (χ1n) is 27.1. The molecule has 0 spiro atoms. The summed E-state index contributed by atoms with van der Waals surface area (Å²) >= 11 is 0. The third-order valence-corrected chi connectivity index (χ3v) is 13.1. The van der Waals surface area contributed by atoms with Crippen molar-refractivity contribution in [2.24, 2.45) is 5.73 Å². The van der Waals surface area contributed by atoms with Gasteiger partial charge < -0.3 is 5.73 Å². The zero-order valence-corrected chi connectivity index (χ0v) is 39.2. The Kier molecular flexibility index (Phi) is 51.9. The molecule has 2 N–H and O–H groups in total. The number of nitrogens with two attached hydrogens (primary N) is 1. The largest absolute Gasteiger partial charge is 0.328 e. The van der Waals surface area contributed by atoms with Gasteiger partial charge in [-0.05, 0) is 12.8 Å². The van der Waals surface area contributed by atoms with Gasteiger partial charge in [-0.2, -0.15) is 0 Å². The zero-order valence-electron chi connectivity index (χ0n) is 39.2. The molecule has 0 saturated carbocycles. The molecule has 0 bridgehead atoms. The standard InChI is InChI=1S/C54H111N/c1-3-5-7-9-11-13-15-17-19-21-23-24-25-26-27-28-29-30-31-32-33-34-35-37-39-41-43-45-47-49-51-53-54(55)52-50-48-46-44-42-40-38-36-22-20-18-16-14-12-10-8-6-4-2/h54H,3-53,55H2,1-2H3. The predicted octanol–water partition coefficient (Wildman–Crippen LogP) is 20.2. The molecule has 55 heavy (non-hydrogen) atoms. The second kappa shape index (κ2) is 52.0. The lowest BCUT2D eigenvalue weighted by Crippen LogP contribution is -2.19. The summed E-state index contributed by atoms with van der Waals surface area (Å²) < 4.78 is 0. The molecule has 0 saturated heterocycles. The average Bonchev–Trinajstić information content (AvgIpc) is 3.19. The molecule has 0 radical (unpaired) electrons. The van der Waals surface area contributed by atoms with Crippen molar-refractivity contribution < 1.29 is 0 Å². The van der Waals surface area contributed by atoms with Crippen molar-refractivity contribution in [3.8, 4) is 0 Å². The second-order valence-corrected chi connectivity index (χ2v) is 19.0. The minimum absolute atomic E-state index is 0.463. The molecule has 332 valence electrons. The lowest BCUT2D eigenvalue weighted by molar-refractivity contribution is 0.477. The Bertz CT molecular complexity index is 629. The zero-order chi connectivity index (χ0) is 39.6. The van der Waals surface area contributed by atoms with Gasteiger partial charge in [0.2, 0.25) is 0 Å². The molecule has 1 nitrogen and oxygen atoms in total. The molecular weight excluding hydrogens is 663 g/mol. The third-order valence-electron chi connectivity index (χ3n) is 13.1. The molecule has 0 aliphatic heterocycles. The van der Waals surface area contributed by atoms with Crippen molar-refractivity contribution in [2.75, 3.05) is 0 Å². The summed E-state index contributed by atoms with van der Waals surface area (Å²) in [6, 6.07) is 0.463. The van der Waals surface area contributed by atoms with Gasteiger partial charge >= 0.3 is 0 Å². The molecule has 0 aliphatic rings. The number of hydrogen-bond acceptors (Lipinski definition) is 1. The summed E-state index contributed by atoms with van der Waals surface area (Å²) in [6.07, 6.45) is 74.3. The van der Waals surface area contributed by atoms with E-state index in [1.165, 1.54) is 327 Å². The Labute approximate surface area is 351 Å². The van der Waals surface area contributed by atoms with Crippen molar-refractivity contribution in [3.63, 3.8) is 0 Å². The lowest BCUT2D eigenvalue weighted by atomic mass is 10.00. The summed E-state index contributed by atoms with van der Waals surface area (Å²) in [7, 11) is 0. The molecule has 0 aromatic rings.